The Labute approximate surface area is 87.1 Å². The molecule has 0 aliphatic rings. The Hall–Kier alpha value is -1.26. The predicted molar refractivity (Wildman–Crippen MR) is 52.3 cm³/mol. The molecule has 0 aliphatic heterocycles. The van der Waals surface area contributed by atoms with E-state index in [1.807, 2.05) is 0 Å². The highest BCUT2D eigenvalue weighted by atomic mass is 19.4. The van der Waals surface area contributed by atoms with Crippen molar-refractivity contribution in [2.75, 3.05) is 13.1 Å². The molecule has 0 unspecified atom stereocenters. The average molecular weight is 221 g/mol. The summed E-state index contributed by atoms with van der Waals surface area (Å²) in [5.41, 5.74) is 0. The van der Waals surface area contributed by atoms with Gasteiger partial charge in [-0.05, 0) is 13.8 Å². The Kier molecular flexibility index (Phi) is 5.74. The van der Waals surface area contributed by atoms with Gasteiger partial charge < -0.3 is 4.90 Å². The Morgan fingerprint density at radius 2 is 1.93 bits per heavy atom. The number of carbonyl (C=O) groups excluding carboxylic acids is 1. The molecule has 2 nitrogen and oxygen atoms in total. The van der Waals surface area contributed by atoms with Crippen LogP contribution >= 0.6 is 0 Å². The van der Waals surface area contributed by atoms with Gasteiger partial charge in [0.15, 0.2) is 0 Å². The largest absolute Gasteiger partial charge is 0.406 e. The molecule has 0 saturated carbocycles. The van der Waals surface area contributed by atoms with Crippen LogP contribution in [0.5, 0.6) is 0 Å². The van der Waals surface area contributed by atoms with Gasteiger partial charge in [-0.2, -0.15) is 13.2 Å². The monoisotopic (exact) mass is 221 g/mol. The molecule has 0 saturated heterocycles. The molecule has 1 amide bonds. The van der Waals surface area contributed by atoms with E-state index in [0.717, 1.165) is 11.0 Å². The molecule has 0 aromatic rings. The molecule has 0 fully saturated rings. The summed E-state index contributed by atoms with van der Waals surface area (Å²) in [5, 5.41) is 0. The van der Waals surface area contributed by atoms with E-state index in [4.69, 9.17) is 0 Å². The average Bonchev–Trinajstić information content (AvgIpc) is 2.13. The van der Waals surface area contributed by atoms with Crippen molar-refractivity contribution in [1.29, 1.82) is 0 Å². The van der Waals surface area contributed by atoms with Gasteiger partial charge in [0.05, 0.1) is 0 Å². The van der Waals surface area contributed by atoms with Gasteiger partial charge in [-0.1, -0.05) is 18.2 Å². The second-order valence-electron chi connectivity index (χ2n) is 2.85. The number of carbonyl (C=O) groups is 1. The van der Waals surface area contributed by atoms with E-state index < -0.39 is 18.6 Å². The van der Waals surface area contributed by atoms with Crippen LogP contribution in [0.4, 0.5) is 13.2 Å². The predicted octanol–water partition coefficient (Wildman–Crippen LogP) is 2.53. The van der Waals surface area contributed by atoms with Crippen molar-refractivity contribution >= 4 is 5.91 Å². The van der Waals surface area contributed by atoms with Gasteiger partial charge in [-0.25, -0.2) is 0 Å². The number of hydrogen-bond acceptors (Lipinski definition) is 1. The van der Waals surface area contributed by atoms with E-state index in [1.165, 1.54) is 13.0 Å². The summed E-state index contributed by atoms with van der Waals surface area (Å²) in [6, 6.07) is 0. The number of alkyl halides is 3. The standard InChI is InChI=1S/C10H14F3NO/c1-3-5-6-7-9(15)14(4-2)8-10(11,12)13/h3,5-7H,4,8H2,1-2H3/b5-3+,7-6+. The van der Waals surface area contributed by atoms with Crippen LogP contribution in [0.3, 0.4) is 0 Å². The van der Waals surface area contributed by atoms with Crippen molar-refractivity contribution in [3.63, 3.8) is 0 Å². The zero-order valence-corrected chi connectivity index (χ0v) is 8.71. The van der Waals surface area contributed by atoms with Crippen molar-refractivity contribution < 1.29 is 18.0 Å². The molecule has 0 aromatic carbocycles. The van der Waals surface area contributed by atoms with E-state index in [-0.39, 0.29) is 6.54 Å². The zero-order valence-electron chi connectivity index (χ0n) is 8.71. The second kappa shape index (κ2) is 6.27. The number of allylic oxidation sites excluding steroid dienone is 3. The lowest BCUT2D eigenvalue weighted by Gasteiger charge is -2.20. The molecule has 0 aromatic heterocycles. The summed E-state index contributed by atoms with van der Waals surface area (Å²) in [4.78, 5) is 12.0. The fourth-order valence-electron chi connectivity index (χ4n) is 0.916. The maximum absolute atomic E-state index is 12.0. The summed E-state index contributed by atoms with van der Waals surface area (Å²) in [5.74, 6) is -0.632. The maximum Gasteiger partial charge on any atom is 0.406 e. The smallest absolute Gasteiger partial charge is 0.330 e. The third kappa shape index (κ3) is 6.76. The molecular formula is C10H14F3NO. The van der Waals surface area contributed by atoms with E-state index in [0.29, 0.717) is 0 Å². The lowest BCUT2D eigenvalue weighted by Crippen LogP contribution is -2.37. The fourth-order valence-corrected chi connectivity index (χ4v) is 0.916. The van der Waals surface area contributed by atoms with Crippen LogP contribution in [-0.2, 0) is 4.79 Å². The molecule has 0 N–H and O–H groups in total. The molecule has 0 heterocycles. The molecule has 0 radical (unpaired) electrons. The van der Waals surface area contributed by atoms with E-state index in [1.54, 1.807) is 19.1 Å². The van der Waals surface area contributed by atoms with Crippen molar-refractivity contribution in [2.45, 2.75) is 20.0 Å². The topological polar surface area (TPSA) is 20.3 Å². The summed E-state index contributed by atoms with van der Waals surface area (Å²) >= 11 is 0. The first-order valence-electron chi connectivity index (χ1n) is 4.55. The molecule has 0 spiro atoms. The summed E-state index contributed by atoms with van der Waals surface area (Å²) in [6.45, 7) is 2.09. The van der Waals surface area contributed by atoms with Gasteiger partial charge in [-0.15, -0.1) is 0 Å². The second-order valence-corrected chi connectivity index (χ2v) is 2.85. The van der Waals surface area contributed by atoms with Gasteiger partial charge >= 0.3 is 6.18 Å². The quantitative estimate of drug-likeness (QED) is 0.527. The fraction of sp³-hybridized carbons (Fsp3) is 0.500. The van der Waals surface area contributed by atoms with Crippen molar-refractivity contribution in [1.82, 2.24) is 4.90 Å². The molecule has 5 heteroatoms. The molecule has 0 aliphatic carbocycles. The number of amides is 1. The molecule has 15 heavy (non-hydrogen) atoms. The van der Waals surface area contributed by atoms with E-state index >= 15 is 0 Å². The van der Waals surface area contributed by atoms with Gasteiger partial charge in [-0.3, -0.25) is 4.79 Å². The summed E-state index contributed by atoms with van der Waals surface area (Å²) < 4.78 is 36.0. The van der Waals surface area contributed by atoms with Gasteiger partial charge in [0.25, 0.3) is 0 Å². The Morgan fingerprint density at radius 3 is 2.33 bits per heavy atom. The highest BCUT2D eigenvalue weighted by molar-refractivity contribution is 5.87. The lowest BCUT2D eigenvalue weighted by atomic mass is 10.4. The highest BCUT2D eigenvalue weighted by Crippen LogP contribution is 2.16. The third-order valence-electron chi connectivity index (χ3n) is 1.61. The lowest BCUT2D eigenvalue weighted by molar-refractivity contribution is -0.157. The first-order valence-corrected chi connectivity index (χ1v) is 4.55. The Morgan fingerprint density at radius 1 is 1.33 bits per heavy atom. The van der Waals surface area contributed by atoms with Crippen LogP contribution in [0.25, 0.3) is 0 Å². The van der Waals surface area contributed by atoms with Gasteiger partial charge in [0.1, 0.15) is 6.54 Å². The first kappa shape index (κ1) is 13.7. The minimum Gasteiger partial charge on any atom is -0.330 e. The molecular weight excluding hydrogens is 207 g/mol. The minimum absolute atomic E-state index is 0.0402. The number of likely N-dealkylation sites (N-methyl/N-ethyl adjacent to an activating group) is 1. The van der Waals surface area contributed by atoms with Crippen LogP contribution in [0.1, 0.15) is 13.8 Å². The molecule has 0 bridgehead atoms. The molecule has 0 rings (SSSR count). The zero-order chi connectivity index (χ0) is 11.9. The van der Waals surface area contributed by atoms with Crippen LogP contribution in [0.15, 0.2) is 24.3 Å². The Bertz CT molecular complexity index is 256. The maximum atomic E-state index is 12.0. The Balaban J connectivity index is 4.35. The normalized spacial score (nSPS) is 12.6. The van der Waals surface area contributed by atoms with Crippen LogP contribution in [0, 0.1) is 0 Å². The molecule has 86 valence electrons. The van der Waals surface area contributed by atoms with Crippen molar-refractivity contribution in [3.8, 4) is 0 Å². The van der Waals surface area contributed by atoms with E-state index in [9.17, 15) is 18.0 Å². The third-order valence-corrected chi connectivity index (χ3v) is 1.61. The van der Waals surface area contributed by atoms with Crippen molar-refractivity contribution in [3.05, 3.63) is 24.3 Å². The summed E-state index contributed by atoms with van der Waals surface area (Å²) in [6.07, 6.45) is 1.46. The number of nitrogens with zero attached hydrogens (tertiary/aromatic N) is 1. The van der Waals surface area contributed by atoms with Crippen LogP contribution in [-0.4, -0.2) is 30.1 Å². The van der Waals surface area contributed by atoms with Crippen LogP contribution < -0.4 is 0 Å². The van der Waals surface area contributed by atoms with Gasteiger partial charge in [0, 0.05) is 12.6 Å². The number of rotatable bonds is 4. The van der Waals surface area contributed by atoms with Crippen LogP contribution in [0.2, 0.25) is 0 Å². The van der Waals surface area contributed by atoms with Gasteiger partial charge in [0.2, 0.25) is 5.91 Å². The van der Waals surface area contributed by atoms with E-state index in [2.05, 4.69) is 0 Å². The number of hydrogen-bond donors (Lipinski definition) is 0. The molecule has 0 atom stereocenters. The minimum atomic E-state index is -4.35. The van der Waals surface area contributed by atoms with Crippen molar-refractivity contribution in [2.24, 2.45) is 0 Å². The highest BCUT2D eigenvalue weighted by Gasteiger charge is 2.31. The number of halogens is 3. The SMILES string of the molecule is C/C=C/C=C/C(=O)N(CC)CC(F)(F)F. The summed E-state index contributed by atoms with van der Waals surface area (Å²) in [7, 11) is 0. The first-order chi connectivity index (χ1) is 6.90.